The molecule has 0 spiro atoms. The van der Waals surface area contributed by atoms with Crippen molar-refractivity contribution < 1.29 is 0 Å². The highest BCUT2D eigenvalue weighted by Crippen LogP contribution is 2.36. The summed E-state index contributed by atoms with van der Waals surface area (Å²) in [4.78, 5) is 2.52. The lowest BCUT2D eigenvalue weighted by molar-refractivity contribution is 0.331. The number of hydrogen-bond donors (Lipinski definition) is 2. The standard InChI is InChI=1S/C26H28N6/c1-18(28-22-7-4-19(5-8-22)16-31-12-2-3-13-31)26-24-14-20(6-11-25(24)29-30-26)21-15-27-32(17-21)23-9-10-23/h4-8,11,14-15,17,23,28H,1-3,9-10,12-13,16H2,(H,29,30). The smallest absolute Gasteiger partial charge is 0.116 e. The lowest BCUT2D eigenvalue weighted by Crippen LogP contribution is -2.18. The van der Waals surface area contributed by atoms with Gasteiger partial charge in [0, 0.05) is 29.4 Å². The van der Waals surface area contributed by atoms with Crippen LogP contribution < -0.4 is 5.32 Å². The molecule has 0 amide bonds. The molecule has 0 unspecified atom stereocenters. The molecule has 0 radical (unpaired) electrons. The van der Waals surface area contributed by atoms with Gasteiger partial charge in [-0.3, -0.25) is 14.7 Å². The van der Waals surface area contributed by atoms with Crippen LogP contribution in [0.15, 0.2) is 61.4 Å². The van der Waals surface area contributed by atoms with Gasteiger partial charge >= 0.3 is 0 Å². The summed E-state index contributed by atoms with van der Waals surface area (Å²) in [5, 5.41) is 16.7. The van der Waals surface area contributed by atoms with E-state index in [1.165, 1.54) is 44.3 Å². The van der Waals surface area contributed by atoms with Crippen molar-refractivity contribution in [1.82, 2.24) is 24.9 Å². The van der Waals surface area contributed by atoms with Crippen LogP contribution in [0.1, 0.15) is 43.0 Å². The van der Waals surface area contributed by atoms with E-state index in [0.29, 0.717) is 6.04 Å². The summed E-state index contributed by atoms with van der Waals surface area (Å²) in [6.45, 7) is 7.73. The van der Waals surface area contributed by atoms with Crippen LogP contribution in [0.3, 0.4) is 0 Å². The van der Waals surface area contributed by atoms with Crippen LogP contribution >= 0.6 is 0 Å². The predicted octanol–water partition coefficient (Wildman–Crippen LogP) is 5.44. The molecule has 0 atom stereocenters. The summed E-state index contributed by atoms with van der Waals surface area (Å²) in [5.41, 5.74) is 7.29. The van der Waals surface area contributed by atoms with Crippen molar-refractivity contribution >= 4 is 22.3 Å². The van der Waals surface area contributed by atoms with Crippen molar-refractivity contribution in [2.24, 2.45) is 0 Å². The van der Waals surface area contributed by atoms with E-state index < -0.39 is 0 Å². The van der Waals surface area contributed by atoms with E-state index in [0.717, 1.165) is 45.7 Å². The highest BCUT2D eigenvalue weighted by atomic mass is 15.3. The molecular weight excluding hydrogens is 396 g/mol. The molecule has 0 bridgehead atoms. The zero-order chi connectivity index (χ0) is 21.5. The van der Waals surface area contributed by atoms with Crippen LogP contribution in [-0.4, -0.2) is 38.0 Å². The number of anilines is 1. The SMILES string of the molecule is C=C(Nc1ccc(CN2CCCC2)cc1)c1n[nH]c2ccc(-c3cnn(C4CC4)c3)cc12. The first-order valence-electron chi connectivity index (χ1n) is 11.5. The normalized spacial score (nSPS) is 16.6. The van der Waals surface area contributed by atoms with E-state index in [9.17, 15) is 0 Å². The van der Waals surface area contributed by atoms with E-state index in [-0.39, 0.29) is 0 Å². The number of nitrogens with one attached hydrogen (secondary N) is 2. The van der Waals surface area contributed by atoms with Gasteiger partial charge < -0.3 is 5.32 Å². The molecule has 2 N–H and O–H groups in total. The average molecular weight is 425 g/mol. The van der Waals surface area contributed by atoms with E-state index in [1.807, 2.05) is 6.20 Å². The summed E-state index contributed by atoms with van der Waals surface area (Å²) < 4.78 is 2.09. The molecule has 1 aliphatic heterocycles. The van der Waals surface area contributed by atoms with Crippen LogP contribution in [0, 0.1) is 0 Å². The molecule has 1 aliphatic carbocycles. The molecule has 3 heterocycles. The number of benzene rings is 2. The number of aromatic nitrogens is 4. The highest BCUT2D eigenvalue weighted by Gasteiger charge is 2.24. The van der Waals surface area contributed by atoms with Crippen LogP contribution in [0.4, 0.5) is 5.69 Å². The van der Waals surface area contributed by atoms with Crippen LogP contribution in [0.5, 0.6) is 0 Å². The number of fused-ring (bicyclic) bond motifs is 1. The predicted molar refractivity (Wildman–Crippen MR) is 129 cm³/mol. The fourth-order valence-electron chi connectivity index (χ4n) is 4.58. The Kier molecular flexibility index (Phi) is 4.80. The first-order chi connectivity index (χ1) is 15.7. The minimum absolute atomic E-state index is 0.586. The number of nitrogens with zero attached hydrogens (tertiary/aromatic N) is 4. The van der Waals surface area contributed by atoms with Crippen molar-refractivity contribution in [1.29, 1.82) is 0 Å². The molecule has 4 aromatic rings. The largest absolute Gasteiger partial charge is 0.354 e. The lowest BCUT2D eigenvalue weighted by atomic mass is 10.1. The highest BCUT2D eigenvalue weighted by molar-refractivity contribution is 5.94. The number of rotatable bonds is 7. The molecule has 32 heavy (non-hydrogen) atoms. The van der Waals surface area contributed by atoms with Gasteiger partial charge in [0.05, 0.1) is 23.5 Å². The Labute approximate surface area is 187 Å². The van der Waals surface area contributed by atoms with Gasteiger partial charge in [-0.25, -0.2) is 0 Å². The number of aromatic amines is 1. The molecule has 2 aromatic heterocycles. The molecule has 1 saturated carbocycles. The Hall–Kier alpha value is -3.38. The Bertz CT molecular complexity index is 1260. The maximum atomic E-state index is 4.54. The Balaban J connectivity index is 1.20. The zero-order valence-corrected chi connectivity index (χ0v) is 18.2. The van der Waals surface area contributed by atoms with Gasteiger partial charge in [-0.2, -0.15) is 10.2 Å². The van der Waals surface area contributed by atoms with Gasteiger partial charge in [0.25, 0.3) is 0 Å². The maximum absolute atomic E-state index is 4.54. The van der Waals surface area contributed by atoms with Gasteiger partial charge in [-0.05, 0) is 74.2 Å². The van der Waals surface area contributed by atoms with Gasteiger partial charge in [0.2, 0.25) is 0 Å². The van der Waals surface area contributed by atoms with Crippen molar-refractivity contribution in [2.45, 2.75) is 38.3 Å². The molecule has 2 aliphatic rings. The quantitative estimate of drug-likeness (QED) is 0.415. The molecule has 162 valence electrons. The molecular formula is C26H28N6. The minimum Gasteiger partial charge on any atom is -0.354 e. The first kappa shape index (κ1) is 19.3. The van der Waals surface area contributed by atoms with Gasteiger partial charge in [-0.1, -0.05) is 24.8 Å². The zero-order valence-electron chi connectivity index (χ0n) is 18.2. The Morgan fingerprint density at radius 2 is 1.88 bits per heavy atom. The molecule has 2 fully saturated rings. The third-order valence-corrected chi connectivity index (χ3v) is 6.56. The summed E-state index contributed by atoms with van der Waals surface area (Å²) in [6.07, 6.45) is 9.21. The topological polar surface area (TPSA) is 61.8 Å². The molecule has 1 saturated heterocycles. The fourth-order valence-corrected chi connectivity index (χ4v) is 4.58. The lowest BCUT2D eigenvalue weighted by Gasteiger charge is -2.15. The molecule has 6 nitrogen and oxygen atoms in total. The van der Waals surface area contributed by atoms with Crippen molar-refractivity contribution in [3.63, 3.8) is 0 Å². The molecule has 2 aromatic carbocycles. The molecule has 6 heteroatoms. The summed E-state index contributed by atoms with van der Waals surface area (Å²) in [5.74, 6) is 0. The van der Waals surface area contributed by atoms with Gasteiger partial charge in [0.15, 0.2) is 0 Å². The first-order valence-corrected chi connectivity index (χ1v) is 11.5. The monoisotopic (exact) mass is 424 g/mol. The Morgan fingerprint density at radius 3 is 2.66 bits per heavy atom. The molecule has 6 rings (SSSR count). The number of likely N-dealkylation sites (tertiary alicyclic amines) is 1. The second kappa shape index (κ2) is 7.95. The summed E-state index contributed by atoms with van der Waals surface area (Å²) >= 11 is 0. The van der Waals surface area contributed by atoms with Crippen LogP contribution in [-0.2, 0) is 6.54 Å². The van der Waals surface area contributed by atoms with Gasteiger partial charge in [-0.15, -0.1) is 0 Å². The minimum atomic E-state index is 0.586. The third-order valence-electron chi connectivity index (χ3n) is 6.56. The van der Waals surface area contributed by atoms with Crippen molar-refractivity contribution in [2.75, 3.05) is 18.4 Å². The third kappa shape index (κ3) is 3.82. The summed E-state index contributed by atoms with van der Waals surface area (Å²) in [7, 11) is 0. The van der Waals surface area contributed by atoms with E-state index in [4.69, 9.17) is 0 Å². The second-order valence-corrected chi connectivity index (χ2v) is 9.06. The summed E-state index contributed by atoms with van der Waals surface area (Å²) in [6, 6.07) is 15.6. The Morgan fingerprint density at radius 1 is 1.06 bits per heavy atom. The van der Waals surface area contributed by atoms with E-state index >= 15 is 0 Å². The second-order valence-electron chi connectivity index (χ2n) is 9.06. The van der Waals surface area contributed by atoms with Crippen LogP contribution in [0.25, 0.3) is 27.7 Å². The van der Waals surface area contributed by atoms with E-state index in [2.05, 4.69) is 85.4 Å². The van der Waals surface area contributed by atoms with Crippen LogP contribution in [0.2, 0.25) is 0 Å². The average Bonchev–Trinajstić information content (AvgIpc) is 3.20. The maximum Gasteiger partial charge on any atom is 0.116 e. The van der Waals surface area contributed by atoms with Gasteiger partial charge in [0.1, 0.15) is 5.69 Å². The van der Waals surface area contributed by atoms with Crippen molar-refractivity contribution in [3.05, 3.63) is 72.7 Å². The fraction of sp³-hybridized carbons (Fsp3) is 0.308. The number of hydrogen-bond acceptors (Lipinski definition) is 4. The van der Waals surface area contributed by atoms with Crippen molar-refractivity contribution in [3.8, 4) is 11.1 Å². The van der Waals surface area contributed by atoms with E-state index in [1.54, 1.807) is 0 Å². The number of H-pyrrole nitrogens is 1.